The average molecular weight is 344 g/mol. The van der Waals surface area contributed by atoms with Crippen molar-refractivity contribution in [1.82, 2.24) is 0 Å². The molecule has 0 bridgehead atoms. The summed E-state index contributed by atoms with van der Waals surface area (Å²) in [4.78, 5) is 0. The first kappa shape index (κ1) is 23.9. The van der Waals surface area contributed by atoms with E-state index in [4.69, 9.17) is 0 Å². The zero-order valence-electron chi connectivity index (χ0n) is 12.3. The molecule has 0 radical (unpaired) electrons. The number of unbranched alkanes of at least 4 members (excludes halogenated alkanes) is 7. The Morgan fingerprint density at radius 2 is 1.24 bits per heavy atom. The van der Waals surface area contributed by atoms with Gasteiger partial charge in [0.25, 0.3) is 0 Å². The molecule has 21 heavy (non-hydrogen) atoms. The summed E-state index contributed by atoms with van der Waals surface area (Å²) < 4.78 is 79.0. The smallest absolute Gasteiger partial charge is 0.746 e. The van der Waals surface area contributed by atoms with Gasteiger partial charge in [0.2, 0.25) is 0 Å². The van der Waals surface area contributed by atoms with Crippen LogP contribution >= 0.6 is 0 Å². The van der Waals surface area contributed by atoms with Crippen molar-refractivity contribution in [3.63, 3.8) is 0 Å². The largest absolute Gasteiger partial charge is 1.00 e. The average Bonchev–Trinajstić information content (AvgIpc) is 2.28. The van der Waals surface area contributed by atoms with Crippen LogP contribution in [0.15, 0.2) is 0 Å². The molecule has 0 aromatic carbocycles. The van der Waals surface area contributed by atoms with Gasteiger partial charge in [-0.3, -0.25) is 0 Å². The van der Waals surface area contributed by atoms with Gasteiger partial charge in [-0.15, -0.1) is 0 Å². The van der Waals surface area contributed by atoms with E-state index in [-0.39, 0.29) is 42.4 Å². The molecule has 3 nitrogen and oxygen atoms in total. The van der Waals surface area contributed by atoms with Crippen LogP contribution in [-0.4, -0.2) is 24.7 Å². The minimum Gasteiger partial charge on any atom is -0.746 e. The maximum atomic E-state index is 12.7. The molecule has 0 aromatic heterocycles. The zero-order chi connectivity index (χ0) is 15.6. The number of alkyl halides is 4. The Kier molecular flexibility index (Phi) is 13.8. The Bertz CT molecular complexity index is 347. The van der Waals surface area contributed by atoms with Crippen molar-refractivity contribution in [2.75, 3.05) is 0 Å². The molecule has 0 N–H and O–H groups in total. The summed E-state index contributed by atoms with van der Waals surface area (Å²) in [5, 5.41) is 0. The van der Waals surface area contributed by atoms with Gasteiger partial charge in [0.1, 0.15) is 10.1 Å². The quantitative estimate of drug-likeness (QED) is 0.246. The van der Waals surface area contributed by atoms with Crippen molar-refractivity contribution in [2.24, 2.45) is 0 Å². The Balaban J connectivity index is 0. The van der Waals surface area contributed by atoms with Crippen LogP contribution in [0, 0.1) is 0 Å². The van der Waals surface area contributed by atoms with E-state index in [0.717, 1.165) is 25.7 Å². The first-order valence-corrected chi connectivity index (χ1v) is 8.25. The van der Waals surface area contributed by atoms with E-state index in [1.165, 1.54) is 0 Å². The van der Waals surface area contributed by atoms with Crippen molar-refractivity contribution < 1.29 is 60.1 Å². The number of hydrogen-bond acceptors (Lipinski definition) is 3. The normalized spacial score (nSPS) is 13.8. The van der Waals surface area contributed by atoms with Gasteiger partial charge in [0, 0.05) is 6.42 Å². The first-order chi connectivity index (χ1) is 9.13. The third-order valence-corrected chi connectivity index (χ3v) is 3.82. The predicted octanol–water partition coefficient (Wildman–Crippen LogP) is 1.29. The van der Waals surface area contributed by atoms with Gasteiger partial charge in [0.05, 0.1) is 0 Å². The van der Waals surface area contributed by atoms with Crippen molar-refractivity contribution in [1.29, 1.82) is 0 Å². The number of rotatable bonds is 11. The molecule has 1 atom stereocenters. The van der Waals surface area contributed by atoms with Crippen molar-refractivity contribution in [2.45, 2.75) is 75.9 Å². The van der Waals surface area contributed by atoms with Crippen LogP contribution in [0.1, 0.15) is 64.2 Å². The van der Waals surface area contributed by atoms with Crippen LogP contribution in [0.5, 0.6) is 0 Å². The van der Waals surface area contributed by atoms with Crippen LogP contribution in [0.25, 0.3) is 0 Å². The van der Waals surface area contributed by atoms with Crippen LogP contribution in [0.3, 0.4) is 0 Å². The molecule has 0 amide bonds. The fourth-order valence-electron chi connectivity index (χ4n) is 1.84. The predicted molar refractivity (Wildman–Crippen MR) is 66.8 cm³/mol. The van der Waals surface area contributed by atoms with E-state index in [1.54, 1.807) is 0 Å². The minimum atomic E-state index is -4.83. The van der Waals surface area contributed by atoms with Gasteiger partial charge in [-0.25, -0.2) is 12.8 Å². The van der Waals surface area contributed by atoms with E-state index in [1.807, 2.05) is 0 Å². The van der Waals surface area contributed by atoms with Gasteiger partial charge in [-0.05, 0) is 19.3 Å². The van der Waals surface area contributed by atoms with Crippen LogP contribution in [0.4, 0.5) is 17.6 Å². The van der Waals surface area contributed by atoms with Gasteiger partial charge < -0.3 is 4.55 Å². The molecule has 0 aliphatic rings. The molecule has 0 rings (SSSR count). The summed E-state index contributed by atoms with van der Waals surface area (Å²) in [5.41, 5.74) is -2.33. The number of halogens is 4. The molecular weight excluding hydrogens is 323 g/mol. The maximum absolute atomic E-state index is 12.7. The van der Waals surface area contributed by atoms with E-state index < -0.39 is 28.2 Å². The van der Waals surface area contributed by atoms with Crippen LogP contribution in [-0.2, 0) is 10.1 Å². The summed E-state index contributed by atoms with van der Waals surface area (Å²) in [6.07, 6.45) is -0.313. The Morgan fingerprint density at radius 3 is 1.62 bits per heavy atom. The molecule has 0 aromatic rings. The summed E-state index contributed by atoms with van der Waals surface area (Å²) in [5.74, 6) is 0. The Hall–Kier alpha value is 0.630. The second kappa shape index (κ2) is 12.1. The summed E-state index contributed by atoms with van der Waals surface area (Å²) in [7, 11) is -4.83. The molecule has 0 aliphatic carbocycles. The molecule has 9 heteroatoms. The summed E-state index contributed by atoms with van der Waals surface area (Å²) >= 11 is 0. The minimum absolute atomic E-state index is 0. The standard InChI is InChI=1S/C12H22F4O3S.Na/c13-11(20(17,18)19)9-7-5-3-1-2-4-6-8-10-12(14,15)16;/h11H,1-10H2,(H,17,18,19);/q;+1/p-1. The molecule has 0 fully saturated rings. The van der Waals surface area contributed by atoms with Gasteiger partial charge in [0.15, 0.2) is 5.50 Å². The van der Waals surface area contributed by atoms with E-state index in [2.05, 4.69) is 0 Å². The molecular formula is C12H21F4NaO3S. The van der Waals surface area contributed by atoms with Crippen molar-refractivity contribution in [3.8, 4) is 0 Å². The topological polar surface area (TPSA) is 57.2 Å². The third kappa shape index (κ3) is 16.8. The molecule has 122 valence electrons. The van der Waals surface area contributed by atoms with E-state index in [0.29, 0.717) is 19.3 Å². The van der Waals surface area contributed by atoms with E-state index >= 15 is 0 Å². The molecule has 0 saturated heterocycles. The fourth-order valence-corrected chi connectivity index (χ4v) is 2.29. The molecule has 0 aliphatic heterocycles. The van der Waals surface area contributed by atoms with Crippen molar-refractivity contribution >= 4 is 10.1 Å². The first-order valence-electron chi connectivity index (χ1n) is 6.78. The second-order valence-electron chi connectivity index (χ2n) is 4.89. The molecule has 1 unspecified atom stereocenters. The molecule has 0 saturated carbocycles. The van der Waals surface area contributed by atoms with Crippen molar-refractivity contribution in [3.05, 3.63) is 0 Å². The Labute approximate surface area is 145 Å². The molecule has 0 heterocycles. The Morgan fingerprint density at radius 1 is 0.857 bits per heavy atom. The SMILES string of the molecule is O=S(=O)([O-])C(F)CCCCCCCCCCC(F)(F)F.[Na+]. The van der Waals surface area contributed by atoms with Crippen LogP contribution in [0.2, 0.25) is 0 Å². The summed E-state index contributed by atoms with van der Waals surface area (Å²) in [6, 6.07) is 0. The van der Waals surface area contributed by atoms with Gasteiger partial charge in [-0.1, -0.05) is 38.5 Å². The van der Waals surface area contributed by atoms with Gasteiger partial charge >= 0.3 is 35.7 Å². The molecule has 0 spiro atoms. The van der Waals surface area contributed by atoms with E-state index in [9.17, 15) is 30.5 Å². The fraction of sp³-hybridized carbons (Fsp3) is 1.00. The number of hydrogen-bond donors (Lipinski definition) is 0. The second-order valence-corrected chi connectivity index (χ2v) is 6.38. The van der Waals surface area contributed by atoms with Gasteiger partial charge in [-0.2, -0.15) is 13.2 Å². The third-order valence-electron chi connectivity index (χ3n) is 2.95. The zero-order valence-corrected chi connectivity index (χ0v) is 15.1. The van der Waals surface area contributed by atoms with Crippen LogP contribution < -0.4 is 29.6 Å². The monoisotopic (exact) mass is 344 g/mol. The maximum Gasteiger partial charge on any atom is 1.00 e. The summed E-state index contributed by atoms with van der Waals surface area (Å²) in [6.45, 7) is 0.